The number of hydrogen-bond donors (Lipinski definition) is 0. The molecule has 4 nitrogen and oxygen atoms in total. The van der Waals surface area contributed by atoms with Crippen molar-refractivity contribution in [3.63, 3.8) is 0 Å². The lowest BCUT2D eigenvalue weighted by Crippen LogP contribution is -2.15. The Hall–Kier alpha value is -0.340. The molecule has 0 aromatic carbocycles. The summed E-state index contributed by atoms with van der Waals surface area (Å²) in [6.07, 6.45) is 9.43. The van der Waals surface area contributed by atoms with E-state index in [4.69, 9.17) is 9.26 Å². The lowest BCUT2D eigenvalue weighted by Gasteiger charge is -2.19. The molecule has 3 unspecified atom stereocenters. The van der Waals surface area contributed by atoms with E-state index in [0.717, 1.165) is 32.1 Å². The van der Waals surface area contributed by atoms with Crippen LogP contribution >= 0.6 is 7.37 Å². The highest BCUT2D eigenvalue weighted by Gasteiger charge is 2.21. The van der Waals surface area contributed by atoms with Crippen LogP contribution in [0.25, 0.3) is 0 Å². The van der Waals surface area contributed by atoms with Crippen molar-refractivity contribution >= 4 is 13.3 Å². The van der Waals surface area contributed by atoms with E-state index >= 15 is 0 Å². The van der Waals surface area contributed by atoms with Gasteiger partial charge in [-0.1, -0.05) is 66.2 Å². The summed E-state index contributed by atoms with van der Waals surface area (Å²) in [5.41, 5.74) is 0. The number of hydrogen-bond acceptors (Lipinski definition) is 4. The largest absolute Gasteiger partial charge is 0.465 e. The maximum absolute atomic E-state index is 12.5. The molecule has 0 amide bonds. The predicted octanol–water partition coefficient (Wildman–Crippen LogP) is 6.28. The van der Waals surface area contributed by atoms with Gasteiger partial charge in [-0.25, -0.2) is 0 Å². The van der Waals surface area contributed by atoms with Crippen LogP contribution in [0.5, 0.6) is 0 Å². The van der Waals surface area contributed by atoms with Crippen molar-refractivity contribution in [1.29, 1.82) is 0 Å². The molecule has 5 heteroatoms. The zero-order chi connectivity index (χ0) is 19.1. The van der Waals surface area contributed by atoms with Gasteiger partial charge in [0.05, 0.1) is 19.6 Å². The molecule has 0 aliphatic heterocycles. The number of ether oxygens (including phenoxy) is 1. The monoisotopic (exact) mass is 376 g/mol. The van der Waals surface area contributed by atoms with E-state index in [0.29, 0.717) is 25.0 Å². The van der Waals surface area contributed by atoms with Gasteiger partial charge >= 0.3 is 5.97 Å². The smallest absolute Gasteiger partial charge is 0.306 e. The number of esters is 1. The van der Waals surface area contributed by atoms with Crippen LogP contribution in [-0.2, 0) is 18.6 Å². The molecule has 0 aliphatic rings. The van der Waals surface area contributed by atoms with Crippen molar-refractivity contribution in [1.82, 2.24) is 0 Å². The highest BCUT2D eigenvalue weighted by atomic mass is 31.2. The molecule has 25 heavy (non-hydrogen) atoms. The van der Waals surface area contributed by atoms with Crippen LogP contribution in [0, 0.1) is 11.8 Å². The molecular weight excluding hydrogens is 335 g/mol. The summed E-state index contributed by atoms with van der Waals surface area (Å²) in [6, 6.07) is 0. The minimum absolute atomic E-state index is 0.184. The average Bonchev–Trinajstić information content (AvgIpc) is 2.60. The van der Waals surface area contributed by atoms with E-state index in [9.17, 15) is 9.36 Å². The van der Waals surface area contributed by atoms with Crippen molar-refractivity contribution in [2.24, 2.45) is 11.8 Å². The summed E-state index contributed by atoms with van der Waals surface area (Å²) < 4.78 is 23.6. The quantitative estimate of drug-likeness (QED) is 0.235. The van der Waals surface area contributed by atoms with E-state index < -0.39 is 7.37 Å². The molecule has 0 aromatic rings. The first-order chi connectivity index (χ1) is 11.9. The maximum atomic E-state index is 12.5. The van der Waals surface area contributed by atoms with Crippen molar-refractivity contribution in [2.75, 3.05) is 26.0 Å². The highest BCUT2D eigenvalue weighted by molar-refractivity contribution is 7.58. The zero-order valence-corrected chi connectivity index (χ0v) is 18.1. The highest BCUT2D eigenvalue weighted by Crippen LogP contribution is 2.44. The SMILES string of the molecule is CCCCC(CC)COC(=O)CCP(C)(=O)OCC(CC)CCCC. The van der Waals surface area contributed by atoms with Crippen molar-refractivity contribution in [3.8, 4) is 0 Å². The van der Waals surface area contributed by atoms with Crippen molar-refractivity contribution in [3.05, 3.63) is 0 Å². The first-order valence-electron chi connectivity index (χ1n) is 10.2. The Morgan fingerprint density at radius 3 is 1.92 bits per heavy atom. The van der Waals surface area contributed by atoms with Crippen molar-refractivity contribution < 1.29 is 18.6 Å². The minimum atomic E-state index is -2.72. The fraction of sp³-hybridized carbons (Fsp3) is 0.950. The van der Waals surface area contributed by atoms with Gasteiger partial charge in [-0.2, -0.15) is 0 Å². The Kier molecular flexibility index (Phi) is 14.6. The molecule has 0 heterocycles. The molecule has 0 fully saturated rings. The van der Waals surface area contributed by atoms with E-state index in [2.05, 4.69) is 27.7 Å². The van der Waals surface area contributed by atoms with Crippen LogP contribution < -0.4 is 0 Å². The average molecular weight is 377 g/mol. The van der Waals surface area contributed by atoms with Gasteiger partial charge in [-0.05, 0) is 24.7 Å². The molecule has 0 radical (unpaired) electrons. The second-order valence-electron chi connectivity index (χ2n) is 7.30. The van der Waals surface area contributed by atoms with Gasteiger partial charge in [0.25, 0.3) is 0 Å². The van der Waals surface area contributed by atoms with Gasteiger partial charge in [0, 0.05) is 12.8 Å². The Balaban J connectivity index is 4.09. The van der Waals surface area contributed by atoms with Crippen LogP contribution in [0.4, 0.5) is 0 Å². The predicted molar refractivity (Wildman–Crippen MR) is 107 cm³/mol. The molecule has 0 N–H and O–H groups in total. The van der Waals surface area contributed by atoms with E-state index in [-0.39, 0.29) is 18.6 Å². The Labute approximate surface area is 155 Å². The van der Waals surface area contributed by atoms with Gasteiger partial charge < -0.3 is 9.26 Å². The number of carbonyl (C=O) groups is 1. The third kappa shape index (κ3) is 13.5. The fourth-order valence-corrected chi connectivity index (χ4v) is 3.95. The number of carbonyl (C=O) groups excluding carboxylic acids is 1. The summed E-state index contributed by atoms with van der Waals surface area (Å²) in [6.45, 7) is 11.3. The summed E-state index contributed by atoms with van der Waals surface area (Å²) >= 11 is 0. The topological polar surface area (TPSA) is 52.6 Å². The van der Waals surface area contributed by atoms with Crippen LogP contribution in [-0.4, -0.2) is 32.0 Å². The second kappa shape index (κ2) is 14.8. The molecule has 0 aromatic heterocycles. The molecule has 0 spiro atoms. The standard InChI is InChI=1S/C20H41O4P/c1-6-10-12-18(8-3)16-23-20(21)14-15-25(5,22)24-17-19(9-4)13-11-7-2/h18-19H,6-17H2,1-5H3. The normalized spacial score (nSPS) is 16.2. The van der Waals surface area contributed by atoms with Crippen LogP contribution in [0.3, 0.4) is 0 Å². The molecular formula is C20H41O4P. The summed E-state index contributed by atoms with van der Waals surface area (Å²) in [7, 11) is -2.72. The lowest BCUT2D eigenvalue weighted by molar-refractivity contribution is -0.144. The number of unbranched alkanes of at least 4 members (excludes halogenated alkanes) is 2. The van der Waals surface area contributed by atoms with Crippen molar-refractivity contribution in [2.45, 2.75) is 85.5 Å². The Morgan fingerprint density at radius 2 is 1.44 bits per heavy atom. The van der Waals surface area contributed by atoms with Gasteiger partial charge in [0.1, 0.15) is 0 Å². The molecule has 3 atom stereocenters. The van der Waals surface area contributed by atoms with Crippen LogP contribution in [0.2, 0.25) is 0 Å². The first-order valence-corrected chi connectivity index (χ1v) is 12.5. The molecule has 0 bridgehead atoms. The fourth-order valence-electron chi connectivity index (χ4n) is 2.70. The van der Waals surface area contributed by atoms with Gasteiger partial charge in [-0.15, -0.1) is 0 Å². The van der Waals surface area contributed by atoms with Gasteiger partial charge in [0.15, 0.2) is 0 Å². The summed E-state index contributed by atoms with van der Waals surface area (Å²) in [5, 5.41) is 0. The molecule has 0 saturated carbocycles. The minimum Gasteiger partial charge on any atom is -0.465 e. The molecule has 0 rings (SSSR count). The lowest BCUT2D eigenvalue weighted by atomic mass is 10.0. The first kappa shape index (κ1) is 24.7. The summed E-state index contributed by atoms with van der Waals surface area (Å²) in [5.74, 6) is 0.653. The van der Waals surface area contributed by atoms with Gasteiger partial charge in [0.2, 0.25) is 7.37 Å². The Bertz CT molecular complexity index is 384. The summed E-state index contributed by atoms with van der Waals surface area (Å²) in [4.78, 5) is 11.9. The van der Waals surface area contributed by atoms with E-state index in [1.165, 1.54) is 19.3 Å². The second-order valence-corrected chi connectivity index (χ2v) is 10.0. The molecule has 0 aliphatic carbocycles. The van der Waals surface area contributed by atoms with Crippen LogP contribution in [0.15, 0.2) is 0 Å². The third-order valence-corrected chi connectivity index (χ3v) is 6.60. The molecule has 150 valence electrons. The maximum Gasteiger partial charge on any atom is 0.306 e. The molecule has 0 saturated heterocycles. The number of rotatable bonds is 16. The Morgan fingerprint density at radius 1 is 0.920 bits per heavy atom. The zero-order valence-electron chi connectivity index (χ0n) is 17.2. The third-order valence-electron chi connectivity index (χ3n) is 4.87. The van der Waals surface area contributed by atoms with E-state index in [1.807, 2.05) is 0 Å². The van der Waals surface area contributed by atoms with Crippen LogP contribution in [0.1, 0.15) is 85.5 Å². The van der Waals surface area contributed by atoms with E-state index in [1.54, 1.807) is 6.66 Å². The van der Waals surface area contributed by atoms with Gasteiger partial charge in [-0.3, -0.25) is 9.36 Å².